The zero-order valence-corrected chi connectivity index (χ0v) is 12.8. The summed E-state index contributed by atoms with van der Waals surface area (Å²) in [5.74, 6) is 0. The summed E-state index contributed by atoms with van der Waals surface area (Å²) in [6.07, 6.45) is 3.01. The van der Waals surface area contributed by atoms with E-state index in [0.717, 1.165) is 34.2 Å². The number of carbonyl (C=O) groups is 1. The summed E-state index contributed by atoms with van der Waals surface area (Å²) < 4.78 is 1.99. The van der Waals surface area contributed by atoms with Crippen molar-refractivity contribution >= 4 is 6.03 Å². The van der Waals surface area contributed by atoms with Crippen LogP contribution in [0.1, 0.15) is 31.7 Å². The summed E-state index contributed by atoms with van der Waals surface area (Å²) in [7, 11) is 0. The smallest absolute Gasteiger partial charge is 0.320 e. The number of piperidine rings is 1. The lowest BCUT2D eigenvalue weighted by Gasteiger charge is -2.32. The predicted molar refractivity (Wildman–Crippen MR) is 81.2 cm³/mol. The van der Waals surface area contributed by atoms with Gasteiger partial charge in [-0.15, -0.1) is 4.68 Å². The van der Waals surface area contributed by atoms with E-state index in [0.29, 0.717) is 12.2 Å². The number of hydrogen-bond donors (Lipinski definition) is 0. The standard InChI is InChI=1S/C15H19N5O2/c1-11-6-8-13(9-7-11)19-15(22)20(17-16-19)14(21)18-10-4-3-5-12(18)2/h6-9,12H,3-5,10H2,1-2H3. The molecule has 1 unspecified atom stereocenters. The number of nitrogens with zero attached hydrogens (tertiary/aromatic N) is 5. The first-order chi connectivity index (χ1) is 10.6. The quantitative estimate of drug-likeness (QED) is 0.750. The Labute approximate surface area is 128 Å². The second-order valence-corrected chi connectivity index (χ2v) is 5.74. The van der Waals surface area contributed by atoms with Gasteiger partial charge in [-0.2, -0.15) is 4.68 Å². The first kappa shape index (κ1) is 14.5. The van der Waals surface area contributed by atoms with Gasteiger partial charge in [0.1, 0.15) is 0 Å². The van der Waals surface area contributed by atoms with Crippen LogP contribution >= 0.6 is 0 Å². The van der Waals surface area contributed by atoms with Crippen molar-refractivity contribution in [1.29, 1.82) is 0 Å². The van der Waals surface area contributed by atoms with Gasteiger partial charge in [-0.3, -0.25) is 0 Å². The molecule has 0 N–H and O–H groups in total. The number of amides is 1. The van der Waals surface area contributed by atoms with Crippen LogP contribution in [0.2, 0.25) is 0 Å². The Hall–Kier alpha value is -2.44. The van der Waals surface area contributed by atoms with Crippen molar-refractivity contribution in [3.8, 4) is 5.69 Å². The van der Waals surface area contributed by atoms with Gasteiger partial charge >= 0.3 is 11.7 Å². The van der Waals surface area contributed by atoms with E-state index < -0.39 is 11.7 Å². The molecule has 1 aliphatic heterocycles. The van der Waals surface area contributed by atoms with E-state index in [2.05, 4.69) is 10.4 Å². The molecule has 3 rings (SSSR count). The van der Waals surface area contributed by atoms with E-state index in [4.69, 9.17) is 0 Å². The Bertz CT molecular complexity index is 731. The molecule has 0 spiro atoms. The highest BCUT2D eigenvalue weighted by Gasteiger charge is 2.27. The minimum Gasteiger partial charge on any atom is -0.320 e. The number of aromatic nitrogens is 4. The van der Waals surface area contributed by atoms with Crippen LogP contribution in [0.4, 0.5) is 4.79 Å². The predicted octanol–water partition coefficient (Wildman–Crippen LogP) is 1.58. The fraction of sp³-hybridized carbons (Fsp3) is 0.467. The van der Waals surface area contributed by atoms with Gasteiger partial charge in [0.2, 0.25) is 0 Å². The summed E-state index contributed by atoms with van der Waals surface area (Å²) >= 11 is 0. The lowest BCUT2D eigenvalue weighted by atomic mass is 10.0. The molecule has 1 aliphatic rings. The van der Waals surface area contributed by atoms with E-state index in [9.17, 15) is 9.59 Å². The third kappa shape index (κ3) is 2.54. The molecule has 0 radical (unpaired) electrons. The zero-order valence-electron chi connectivity index (χ0n) is 12.8. The molecule has 0 aliphatic carbocycles. The van der Waals surface area contributed by atoms with Crippen LogP contribution in [0.3, 0.4) is 0 Å². The maximum Gasteiger partial charge on any atom is 0.377 e. The first-order valence-electron chi connectivity index (χ1n) is 7.51. The monoisotopic (exact) mass is 301 g/mol. The average molecular weight is 301 g/mol. The van der Waals surface area contributed by atoms with Gasteiger partial charge in [0.15, 0.2) is 0 Å². The molecule has 1 fully saturated rings. The molecule has 1 aromatic carbocycles. The average Bonchev–Trinajstić information content (AvgIpc) is 2.90. The summed E-state index contributed by atoms with van der Waals surface area (Å²) in [6.45, 7) is 4.61. The van der Waals surface area contributed by atoms with Crippen molar-refractivity contribution in [1.82, 2.24) is 24.7 Å². The minimum absolute atomic E-state index is 0.123. The minimum atomic E-state index is -0.536. The fourth-order valence-corrected chi connectivity index (χ4v) is 2.72. The molecule has 2 aromatic rings. The maximum atomic E-state index is 12.5. The number of hydrogen-bond acceptors (Lipinski definition) is 4. The van der Waals surface area contributed by atoms with Crippen LogP contribution in [0, 0.1) is 6.92 Å². The van der Waals surface area contributed by atoms with Crippen molar-refractivity contribution < 1.29 is 4.79 Å². The Morgan fingerprint density at radius 3 is 2.59 bits per heavy atom. The first-order valence-corrected chi connectivity index (χ1v) is 7.51. The molecule has 1 amide bonds. The Balaban J connectivity index is 1.91. The molecule has 7 heteroatoms. The third-order valence-electron chi connectivity index (χ3n) is 4.09. The Kier molecular flexibility index (Phi) is 3.79. The highest BCUT2D eigenvalue weighted by atomic mass is 16.2. The topological polar surface area (TPSA) is 73.0 Å². The van der Waals surface area contributed by atoms with Crippen molar-refractivity contribution in [2.24, 2.45) is 0 Å². The molecular formula is C15H19N5O2. The largest absolute Gasteiger partial charge is 0.377 e. The van der Waals surface area contributed by atoms with E-state index in [-0.39, 0.29) is 6.04 Å². The molecule has 1 aromatic heterocycles. The lowest BCUT2D eigenvalue weighted by molar-refractivity contribution is 0.155. The van der Waals surface area contributed by atoms with Crippen molar-refractivity contribution in [2.45, 2.75) is 39.2 Å². The zero-order chi connectivity index (χ0) is 15.7. The number of benzene rings is 1. The molecule has 0 bridgehead atoms. The number of tetrazole rings is 1. The van der Waals surface area contributed by atoms with E-state index in [1.54, 1.807) is 17.0 Å². The number of carbonyl (C=O) groups excluding carboxylic acids is 1. The van der Waals surface area contributed by atoms with E-state index in [1.165, 1.54) is 0 Å². The molecule has 0 saturated carbocycles. The number of aryl methyl sites for hydroxylation is 1. The number of rotatable bonds is 1. The summed E-state index contributed by atoms with van der Waals surface area (Å²) in [5.41, 5.74) is 1.15. The second-order valence-electron chi connectivity index (χ2n) is 5.74. The molecule has 116 valence electrons. The molecule has 7 nitrogen and oxygen atoms in total. The van der Waals surface area contributed by atoms with Crippen LogP contribution in [0.15, 0.2) is 29.1 Å². The maximum absolute atomic E-state index is 12.5. The van der Waals surface area contributed by atoms with Crippen LogP contribution in [0.5, 0.6) is 0 Å². The van der Waals surface area contributed by atoms with Crippen molar-refractivity contribution in [3.05, 3.63) is 40.3 Å². The van der Waals surface area contributed by atoms with Gasteiger partial charge in [-0.05, 0) is 55.7 Å². The van der Waals surface area contributed by atoms with Crippen LogP contribution in [-0.2, 0) is 0 Å². The van der Waals surface area contributed by atoms with Crippen molar-refractivity contribution in [3.63, 3.8) is 0 Å². The summed E-state index contributed by atoms with van der Waals surface area (Å²) in [4.78, 5) is 26.6. The molecule has 22 heavy (non-hydrogen) atoms. The van der Waals surface area contributed by atoms with Gasteiger partial charge in [-0.25, -0.2) is 9.59 Å². The number of likely N-dealkylation sites (tertiary alicyclic amines) is 1. The SMILES string of the molecule is Cc1ccc(-n2nnn(C(=O)N3CCCCC3C)c2=O)cc1. The van der Waals surface area contributed by atoms with Gasteiger partial charge in [0.25, 0.3) is 0 Å². The Morgan fingerprint density at radius 2 is 1.91 bits per heavy atom. The molecule has 2 heterocycles. The normalized spacial score (nSPS) is 18.5. The summed E-state index contributed by atoms with van der Waals surface area (Å²) in [6, 6.07) is 7.06. The highest BCUT2D eigenvalue weighted by Crippen LogP contribution is 2.16. The molecule has 1 atom stereocenters. The van der Waals surface area contributed by atoms with Crippen LogP contribution in [-0.4, -0.2) is 43.3 Å². The van der Waals surface area contributed by atoms with E-state index >= 15 is 0 Å². The third-order valence-corrected chi connectivity index (χ3v) is 4.09. The molecular weight excluding hydrogens is 282 g/mol. The van der Waals surface area contributed by atoms with Gasteiger partial charge < -0.3 is 4.90 Å². The Morgan fingerprint density at radius 1 is 1.18 bits per heavy atom. The highest BCUT2D eigenvalue weighted by molar-refractivity contribution is 5.76. The second kappa shape index (κ2) is 5.75. The van der Waals surface area contributed by atoms with Crippen LogP contribution < -0.4 is 5.69 Å². The van der Waals surface area contributed by atoms with E-state index in [1.807, 2.05) is 26.0 Å². The summed E-state index contributed by atoms with van der Waals surface area (Å²) in [5, 5.41) is 7.58. The fourth-order valence-electron chi connectivity index (χ4n) is 2.72. The lowest BCUT2D eigenvalue weighted by Crippen LogP contribution is -2.47. The van der Waals surface area contributed by atoms with Gasteiger partial charge in [0, 0.05) is 12.6 Å². The van der Waals surface area contributed by atoms with Gasteiger partial charge in [-0.1, -0.05) is 17.7 Å². The van der Waals surface area contributed by atoms with Crippen LogP contribution in [0.25, 0.3) is 5.69 Å². The molecule has 1 saturated heterocycles. The van der Waals surface area contributed by atoms with Gasteiger partial charge in [0.05, 0.1) is 5.69 Å². The van der Waals surface area contributed by atoms with Crippen molar-refractivity contribution in [2.75, 3.05) is 6.54 Å².